The number of benzene rings is 1. The van der Waals surface area contributed by atoms with Gasteiger partial charge in [0.2, 0.25) is 0 Å². The highest BCUT2D eigenvalue weighted by atomic mass is 32.2. The summed E-state index contributed by atoms with van der Waals surface area (Å²) in [6, 6.07) is 6.23. The fourth-order valence-corrected chi connectivity index (χ4v) is 4.48. The van der Waals surface area contributed by atoms with Crippen molar-refractivity contribution in [3.05, 3.63) is 42.1 Å². The highest BCUT2D eigenvalue weighted by molar-refractivity contribution is 8.00. The number of hydrogen-bond donors (Lipinski definition) is 0. The molecule has 7 heteroatoms. The van der Waals surface area contributed by atoms with Crippen molar-refractivity contribution in [3.8, 4) is 16.9 Å². The molecule has 1 aliphatic rings. The monoisotopic (exact) mass is 435 g/mol. The minimum Gasteiger partial charge on any atom is -0.488 e. The molecule has 1 aromatic carbocycles. The standard InChI is InChI=1S/C23H27F2NO3S/c1-2-28-21(27)11-4-3-5-13-29-22-19(24)14-16(15-20(22)25)18-10-7-12-26-23(18)30-17-8-6-9-17/h7,10,12,14-15,17H,2-6,8-9,11,13H2,1H3. The normalized spacial score (nSPS) is 13.7. The second kappa shape index (κ2) is 11.3. The molecule has 0 spiro atoms. The molecule has 0 N–H and O–H groups in total. The first-order chi connectivity index (χ1) is 14.6. The van der Waals surface area contributed by atoms with E-state index in [1.54, 1.807) is 30.9 Å². The Morgan fingerprint density at radius 3 is 2.63 bits per heavy atom. The molecule has 0 radical (unpaired) electrons. The van der Waals surface area contributed by atoms with Crippen LogP contribution in [0.25, 0.3) is 11.1 Å². The number of aromatic nitrogens is 1. The molecule has 2 aromatic rings. The molecule has 0 amide bonds. The van der Waals surface area contributed by atoms with E-state index in [0.29, 0.717) is 36.7 Å². The number of unbranched alkanes of at least 4 members (excludes halogenated alkanes) is 2. The Bertz CT molecular complexity index is 835. The van der Waals surface area contributed by atoms with Crippen LogP contribution in [0.4, 0.5) is 8.78 Å². The van der Waals surface area contributed by atoms with Gasteiger partial charge >= 0.3 is 5.97 Å². The van der Waals surface area contributed by atoms with Gasteiger partial charge in [0.05, 0.1) is 13.2 Å². The summed E-state index contributed by atoms with van der Waals surface area (Å²) in [6.45, 7) is 2.32. The molecule has 4 nitrogen and oxygen atoms in total. The van der Waals surface area contributed by atoms with E-state index >= 15 is 0 Å². The van der Waals surface area contributed by atoms with Crippen molar-refractivity contribution in [2.45, 2.75) is 62.1 Å². The minimum atomic E-state index is -0.722. The molecular formula is C23H27F2NO3S. The lowest BCUT2D eigenvalue weighted by Crippen LogP contribution is -2.13. The van der Waals surface area contributed by atoms with Gasteiger partial charge in [-0.3, -0.25) is 4.79 Å². The number of carbonyl (C=O) groups excluding carboxylic acids is 1. The zero-order valence-corrected chi connectivity index (χ0v) is 18.0. The Morgan fingerprint density at radius 1 is 1.20 bits per heavy atom. The van der Waals surface area contributed by atoms with Crippen LogP contribution in [-0.2, 0) is 9.53 Å². The first kappa shape index (κ1) is 22.5. The van der Waals surface area contributed by atoms with Crippen molar-refractivity contribution in [1.29, 1.82) is 0 Å². The molecule has 1 heterocycles. The zero-order valence-electron chi connectivity index (χ0n) is 17.2. The van der Waals surface area contributed by atoms with Crippen LogP contribution in [0.3, 0.4) is 0 Å². The first-order valence-electron chi connectivity index (χ1n) is 10.5. The molecule has 162 valence electrons. The predicted octanol–water partition coefficient (Wildman–Crippen LogP) is 6.17. The van der Waals surface area contributed by atoms with Gasteiger partial charge in [-0.25, -0.2) is 13.8 Å². The van der Waals surface area contributed by atoms with Gasteiger partial charge in [0, 0.05) is 23.4 Å². The smallest absolute Gasteiger partial charge is 0.305 e. The summed E-state index contributed by atoms with van der Waals surface area (Å²) in [7, 11) is 0. The Labute approximate surface area is 180 Å². The van der Waals surface area contributed by atoms with E-state index in [2.05, 4.69) is 4.98 Å². The highest BCUT2D eigenvalue weighted by Crippen LogP contribution is 2.40. The topological polar surface area (TPSA) is 48.4 Å². The number of ether oxygens (including phenoxy) is 2. The molecule has 1 aromatic heterocycles. The third-order valence-corrected chi connectivity index (χ3v) is 6.34. The summed E-state index contributed by atoms with van der Waals surface area (Å²) >= 11 is 1.67. The van der Waals surface area contributed by atoms with Gasteiger partial charge < -0.3 is 9.47 Å². The molecule has 30 heavy (non-hydrogen) atoms. The van der Waals surface area contributed by atoms with E-state index in [0.717, 1.165) is 29.9 Å². The van der Waals surface area contributed by atoms with E-state index < -0.39 is 11.6 Å². The van der Waals surface area contributed by atoms with Crippen LogP contribution in [0.5, 0.6) is 5.75 Å². The van der Waals surface area contributed by atoms with Gasteiger partial charge in [0.1, 0.15) is 5.03 Å². The summed E-state index contributed by atoms with van der Waals surface area (Å²) < 4.78 is 39.4. The lowest BCUT2D eigenvalue weighted by Gasteiger charge is -2.25. The van der Waals surface area contributed by atoms with Crippen LogP contribution < -0.4 is 4.74 Å². The van der Waals surface area contributed by atoms with Crippen molar-refractivity contribution in [3.63, 3.8) is 0 Å². The maximum atomic E-state index is 14.6. The summed E-state index contributed by atoms with van der Waals surface area (Å²) in [5.41, 5.74) is 1.19. The molecule has 0 atom stereocenters. The number of thioether (sulfide) groups is 1. The number of esters is 1. The fraction of sp³-hybridized carbons (Fsp3) is 0.478. The molecule has 1 fully saturated rings. The van der Waals surface area contributed by atoms with Crippen LogP contribution in [0.1, 0.15) is 51.9 Å². The number of pyridine rings is 1. The summed E-state index contributed by atoms with van der Waals surface area (Å²) in [5.74, 6) is -2.03. The van der Waals surface area contributed by atoms with E-state index in [4.69, 9.17) is 9.47 Å². The van der Waals surface area contributed by atoms with Crippen LogP contribution in [0, 0.1) is 11.6 Å². The Balaban J connectivity index is 1.57. The second-order valence-corrected chi connectivity index (χ2v) is 8.55. The third kappa shape index (κ3) is 6.17. The Kier molecular flexibility index (Phi) is 8.49. The minimum absolute atomic E-state index is 0.186. The maximum Gasteiger partial charge on any atom is 0.305 e. The number of nitrogens with zero attached hydrogens (tertiary/aromatic N) is 1. The average Bonchev–Trinajstić information content (AvgIpc) is 2.69. The van der Waals surface area contributed by atoms with Crippen molar-refractivity contribution in [1.82, 2.24) is 4.98 Å². The van der Waals surface area contributed by atoms with Crippen molar-refractivity contribution >= 4 is 17.7 Å². The van der Waals surface area contributed by atoms with E-state index in [1.807, 2.05) is 6.07 Å². The predicted molar refractivity (Wildman–Crippen MR) is 114 cm³/mol. The second-order valence-electron chi connectivity index (χ2n) is 7.26. The molecular weight excluding hydrogens is 408 g/mol. The fourth-order valence-electron chi connectivity index (χ4n) is 3.16. The maximum absolute atomic E-state index is 14.6. The van der Waals surface area contributed by atoms with Crippen LogP contribution in [-0.4, -0.2) is 29.4 Å². The van der Waals surface area contributed by atoms with Crippen LogP contribution in [0.15, 0.2) is 35.5 Å². The van der Waals surface area contributed by atoms with Crippen molar-refractivity contribution < 1.29 is 23.0 Å². The van der Waals surface area contributed by atoms with E-state index in [9.17, 15) is 13.6 Å². The van der Waals surface area contributed by atoms with Crippen molar-refractivity contribution in [2.24, 2.45) is 0 Å². The summed E-state index contributed by atoms with van der Waals surface area (Å²) in [6.07, 6.45) is 7.55. The summed E-state index contributed by atoms with van der Waals surface area (Å²) in [5, 5.41) is 1.33. The summed E-state index contributed by atoms with van der Waals surface area (Å²) in [4.78, 5) is 15.7. The highest BCUT2D eigenvalue weighted by Gasteiger charge is 2.22. The van der Waals surface area contributed by atoms with E-state index in [-0.39, 0.29) is 18.3 Å². The Hall–Kier alpha value is -2.15. The molecule has 3 rings (SSSR count). The zero-order chi connectivity index (χ0) is 21.3. The SMILES string of the molecule is CCOC(=O)CCCCCOc1c(F)cc(-c2cccnc2SC2CCC2)cc1F. The Morgan fingerprint density at radius 2 is 1.97 bits per heavy atom. The largest absolute Gasteiger partial charge is 0.488 e. The van der Waals surface area contributed by atoms with E-state index in [1.165, 1.54) is 18.6 Å². The molecule has 1 aliphatic carbocycles. The third-order valence-electron chi connectivity index (χ3n) is 4.99. The number of hydrogen-bond acceptors (Lipinski definition) is 5. The number of carbonyl (C=O) groups is 1. The average molecular weight is 436 g/mol. The number of rotatable bonds is 11. The van der Waals surface area contributed by atoms with Gasteiger partial charge in [-0.15, -0.1) is 11.8 Å². The van der Waals surface area contributed by atoms with Gasteiger partial charge in [0.25, 0.3) is 0 Å². The van der Waals surface area contributed by atoms with Crippen molar-refractivity contribution in [2.75, 3.05) is 13.2 Å². The molecule has 0 aliphatic heterocycles. The lowest BCUT2D eigenvalue weighted by molar-refractivity contribution is -0.143. The molecule has 0 bridgehead atoms. The van der Waals surface area contributed by atoms with Gasteiger partial charge in [-0.2, -0.15) is 0 Å². The first-order valence-corrected chi connectivity index (χ1v) is 11.4. The molecule has 0 unspecified atom stereocenters. The van der Waals surface area contributed by atoms with Gasteiger partial charge in [0.15, 0.2) is 17.4 Å². The quantitative estimate of drug-likeness (QED) is 0.312. The van der Waals surface area contributed by atoms with Gasteiger partial charge in [-0.1, -0.05) is 12.5 Å². The number of halogens is 2. The van der Waals surface area contributed by atoms with Crippen LogP contribution >= 0.6 is 11.8 Å². The van der Waals surface area contributed by atoms with Gasteiger partial charge in [-0.05, 0) is 62.8 Å². The van der Waals surface area contributed by atoms with Crippen LogP contribution in [0.2, 0.25) is 0 Å². The molecule has 1 saturated carbocycles. The lowest BCUT2D eigenvalue weighted by atomic mass is 10.00. The molecule has 0 saturated heterocycles.